The van der Waals surface area contributed by atoms with Gasteiger partial charge in [-0.15, -0.1) is 0 Å². The summed E-state index contributed by atoms with van der Waals surface area (Å²) in [6.45, 7) is 5.46. The van der Waals surface area contributed by atoms with Crippen LogP contribution in [0.25, 0.3) is 0 Å². The van der Waals surface area contributed by atoms with Crippen LogP contribution in [0.4, 0.5) is 4.39 Å². The van der Waals surface area contributed by atoms with Gasteiger partial charge < -0.3 is 9.64 Å². The molecular formula is C19H27FN2O2. The Kier molecular flexibility index (Phi) is 5.85. The molecule has 132 valence electrons. The van der Waals surface area contributed by atoms with E-state index in [2.05, 4.69) is 11.8 Å². The van der Waals surface area contributed by atoms with Gasteiger partial charge in [-0.25, -0.2) is 4.39 Å². The number of piperidine rings is 1. The first kappa shape index (κ1) is 17.4. The summed E-state index contributed by atoms with van der Waals surface area (Å²) in [5, 5.41) is 0. The number of rotatable bonds is 4. The van der Waals surface area contributed by atoms with E-state index in [9.17, 15) is 9.18 Å². The Balaban J connectivity index is 1.59. The molecule has 2 saturated heterocycles. The molecule has 0 aliphatic carbocycles. The largest absolute Gasteiger partial charge is 0.370 e. The molecule has 24 heavy (non-hydrogen) atoms. The molecule has 2 aliphatic heterocycles. The minimum Gasteiger partial charge on any atom is -0.370 e. The van der Waals surface area contributed by atoms with E-state index in [-0.39, 0.29) is 17.8 Å². The first-order chi connectivity index (χ1) is 11.7. The summed E-state index contributed by atoms with van der Waals surface area (Å²) in [5.74, 6) is -0.0658. The third-order valence-electron chi connectivity index (χ3n) is 5.22. The summed E-state index contributed by atoms with van der Waals surface area (Å²) < 4.78 is 18.9. The quantitative estimate of drug-likeness (QED) is 0.849. The second-order valence-electron chi connectivity index (χ2n) is 6.78. The number of halogens is 1. The average molecular weight is 334 g/mol. The van der Waals surface area contributed by atoms with Gasteiger partial charge in [-0.3, -0.25) is 9.69 Å². The van der Waals surface area contributed by atoms with Gasteiger partial charge in [0.05, 0.1) is 19.7 Å². The van der Waals surface area contributed by atoms with Gasteiger partial charge in [-0.1, -0.05) is 25.5 Å². The number of likely N-dealkylation sites (tertiary alicyclic amines) is 1. The van der Waals surface area contributed by atoms with Crippen molar-refractivity contribution in [2.24, 2.45) is 0 Å². The maximum absolute atomic E-state index is 13.1. The van der Waals surface area contributed by atoms with E-state index in [0.717, 1.165) is 18.5 Å². The second kappa shape index (κ2) is 8.08. The summed E-state index contributed by atoms with van der Waals surface area (Å²) in [6.07, 6.45) is 4.60. The Morgan fingerprint density at radius 1 is 1.25 bits per heavy atom. The lowest BCUT2D eigenvalue weighted by Crippen LogP contribution is -2.49. The topological polar surface area (TPSA) is 32.8 Å². The predicted octanol–water partition coefficient (Wildman–Crippen LogP) is 2.99. The van der Waals surface area contributed by atoms with E-state index < -0.39 is 0 Å². The standard InChI is InChI=1S/C19H27FN2O2/c1-2-17-5-3-4-10-21(17)14-19(23)22-11-12-24-18(13-22)15-6-8-16(20)9-7-15/h6-9,17-18H,2-5,10-14H2,1H3. The lowest BCUT2D eigenvalue weighted by molar-refractivity contribution is -0.141. The fourth-order valence-electron chi connectivity index (χ4n) is 3.76. The van der Waals surface area contributed by atoms with E-state index in [1.807, 2.05) is 4.90 Å². The number of hydrogen-bond donors (Lipinski definition) is 0. The molecule has 5 heteroatoms. The molecule has 2 atom stereocenters. The third-order valence-corrected chi connectivity index (χ3v) is 5.22. The lowest BCUT2D eigenvalue weighted by atomic mass is 10.00. The number of morpholine rings is 1. The Labute approximate surface area is 143 Å². The van der Waals surface area contributed by atoms with E-state index in [1.54, 1.807) is 12.1 Å². The number of benzene rings is 1. The highest BCUT2D eigenvalue weighted by Crippen LogP contribution is 2.24. The summed E-state index contributed by atoms with van der Waals surface area (Å²) in [5.41, 5.74) is 0.929. The number of carbonyl (C=O) groups excluding carboxylic acids is 1. The summed E-state index contributed by atoms with van der Waals surface area (Å²) in [6, 6.07) is 6.91. The van der Waals surface area contributed by atoms with Crippen LogP contribution in [0.5, 0.6) is 0 Å². The molecule has 2 fully saturated rings. The van der Waals surface area contributed by atoms with E-state index in [0.29, 0.717) is 32.3 Å². The Bertz CT molecular complexity index is 549. The van der Waals surface area contributed by atoms with E-state index in [4.69, 9.17) is 4.74 Å². The molecule has 0 saturated carbocycles. The Morgan fingerprint density at radius 2 is 2.04 bits per heavy atom. The van der Waals surface area contributed by atoms with Crippen molar-refractivity contribution in [1.29, 1.82) is 0 Å². The highest BCUT2D eigenvalue weighted by atomic mass is 19.1. The fourth-order valence-corrected chi connectivity index (χ4v) is 3.76. The smallest absolute Gasteiger partial charge is 0.236 e. The van der Waals surface area contributed by atoms with E-state index >= 15 is 0 Å². The monoisotopic (exact) mass is 334 g/mol. The minimum absolute atomic E-state index is 0.161. The van der Waals surface area contributed by atoms with Gasteiger partial charge >= 0.3 is 0 Å². The summed E-state index contributed by atoms with van der Waals surface area (Å²) >= 11 is 0. The number of hydrogen-bond acceptors (Lipinski definition) is 3. The van der Waals surface area contributed by atoms with Crippen molar-refractivity contribution in [2.75, 3.05) is 32.8 Å². The number of amides is 1. The first-order valence-electron chi connectivity index (χ1n) is 9.06. The van der Waals surface area contributed by atoms with Crippen LogP contribution in [-0.2, 0) is 9.53 Å². The molecule has 2 aliphatic rings. The van der Waals surface area contributed by atoms with Crippen LogP contribution in [-0.4, -0.2) is 54.5 Å². The molecule has 0 spiro atoms. The van der Waals surface area contributed by atoms with Gasteiger partial charge in [0.25, 0.3) is 0 Å². The zero-order valence-electron chi connectivity index (χ0n) is 14.4. The fraction of sp³-hybridized carbons (Fsp3) is 0.632. The minimum atomic E-state index is -0.252. The average Bonchev–Trinajstić information content (AvgIpc) is 2.63. The van der Waals surface area contributed by atoms with E-state index in [1.165, 1.54) is 31.4 Å². The van der Waals surface area contributed by atoms with Crippen LogP contribution in [0.15, 0.2) is 24.3 Å². The molecule has 2 heterocycles. The Morgan fingerprint density at radius 3 is 2.79 bits per heavy atom. The van der Waals surface area contributed by atoms with Crippen molar-refractivity contribution >= 4 is 5.91 Å². The summed E-state index contributed by atoms with van der Waals surface area (Å²) in [7, 11) is 0. The van der Waals surface area contributed by atoms with Crippen LogP contribution < -0.4 is 0 Å². The third kappa shape index (κ3) is 4.14. The molecule has 3 rings (SSSR count). The summed E-state index contributed by atoms with van der Waals surface area (Å²) in [4.78, 5) is 17.0. The second-order valence-corrected chi connectivity index (χ2v) is 6.78. The van der Waals surface area contributed by atoms with Gasteiger partial charge in [0, 0.05) is 12.6 Å². The van der Waals surface area contributed by atoms with Gasteiger partial charge in [0.2, 0.25) is 5.91 Å². The van der Waals surface area contributed by atoms with Crippen molar-refractivity contribution in [2.45, 2.75) is 44.8 Å². The van der Waals surface area contributed by atoms with Crippen molar-refractivity contribution in [3.8, 4) is 0 Å². The van der Waals surface area contributed by atoms with Gasteiger partial charge in [0.1, 0.15) is 11.9 Å². The zero-order valence-corrected chi connectivity index (χ0v) is 14.4. The van der Waals surface area contributed by atoms with Gasteiger partial charge in [-0.2, -0.15) is 0 Å². The van der Waals surface area contributed by atoms with Crippen LogP contribution in [0.2, 0.25) is 0 Å². The highest BCUT2D eigenvalue weighted by Gasteiger charge is 2.29. The molecule has 1 aromatic carbocycles. The van der Waals surface area contributed by atoms with Gasteiger partial charge in [0.15, 0.2) is 0 Å². The lowest BCUT2D eigenvalue weighted by Gasteiger charge is -2.38. The first-order valence-corrected chi connectivity index (χ1v) is 9.06. The number of ether oxygens (including phenoxy) is 1. The molecule has 2 unspecified atom stereocenters. The van der Waals surface area contributed by atoms with Crippen LogP contribution >= 0.6 is 0 Å². The maximum Gasteiger partial charge on any atom is 0.236 e. The van der Waals surface area contributed by atoms with Crippen LogP contribution in [0.1, 0.15) is 44.3 Å². The molecular weight excluding hydrogens is 307 g/mol. The molecule has 1 aromatic rings. The normalized spacial score (nSPS) is 25.7. The van der Waals surface area contributed by atoms with Crippen molar-refractivity contribution in [1.82, 2.24) is 9.80 Å². The van der Waals surface area contributed by atoms with Crippen molar-refractivity contribution in [3.05, 3.63) is 35.6 Å². The van der Waals surface area contributed by atoms with Crippen molar-refractivity contribution in [3.63, 3.8) is 0 Å². The SMILES string of the molecule is CCC1CCCCN1CC(=O)N1CCOC(c2ccc(F)cc2)C1. The number of carbonyl (C=O) groups is 1. The molecule has 0 aromatic heterocycles. The van der Waals surface area contributed by atoms with Crippen LogP contribution in [0.3, 0.4) is 0 Å². The number of nitrogens with zero attached hydrogens (tertiary/aromatic N) is 2. The van der Waals surface area contributed by atoms with Crippen LogP contribution in [0, 0.1) is 5.82 Å². The molecule has 0 radical (unpaired) electrons. The van der Waals surface area contributed by atoms with Crippen molar-refractivity contribution < 1.29 is 13.9 Å². The molecule has 1 amide bonds. The molecule has 0 bridgehead atoms. The zero-order chi connectivity index (χ0) is 16.9. The maximum atomic E-state index is 13.1. The highest BCUT2D eigenvalue weighted by molar-refractivity contribution is 5.78. The molecule has 4 nitrogen and oxygen atoms in total. The predicted molar refractivity (Wildman–Crippen MR) is 91.2 cm³/mol. The Hall–Kier alpha value is -1.46. The molecule has 0 N–H and O–H groups in total. The van der Waals surface area contributed by atoms with Gasteiger partial charge in [-0.05, 0) is 43.5 Å².